The van der Waals surface area contributed by atoms with Crippen LogP contribution in [0.15, 0.2) is 47.1 Å². The van der Waals surface area contributed by atoms with E-state index in [0.29, 0.717) is 25.5 Å². The van der Waals surface area contributed by atoms with Crippen molar-refractivity contribution in [3.8, 4) is 5.82 Å². The zero-order chi connectivity index (χ0) is 20.9. The van der Waals surface area contributed by atoms with Crippen molar-refractivity contribution in [2.75, 3.05) is 38.3 Å². The number of fused-ring (bicyclic) bond motifs is 4. The van der Waals surface area contributed by atoms with E-state index in [1.807, 2.05) is 37.1 Å². The zero-order valence-electron chi connectivity index (χ0n) is 17.6. The maximum Gasteiger partial charge on any atom is 0.289 e. The average molecular weight is 406 g/mol. The quantitative estimate of drug-likeness (QED) is 0.665. The van der Waals surface area contributed by atoms with Crippen molar-refractivity contribution in [2.24, 2.45) is 0 Å². The van der Waals surface area contributed by atoms with Gasteiger partial charge in [-0.15, -0.1) is 0 Å². The number of aryl methyl sites for hydroxylation is 2. The maximum absolute atomic E-state index is 13.2. The molecule has 0 bridgehead atoms. The summed E-state index contributed by atoms with van der Waals surface area (Å²) in [4.78, 5) is 22.2. The van der Waals surface area contributed by atoms with Crippen LogP contribution in [0.4, 0.5) is 5.69 Å². The number of hydrogen-bond donors (Lipinski definition) is 0. The third-order valence-corrected chi connectivity index (χ3v) is 6.46. The lowest BCUT2D eigenvalue weighted by Crippen LogP contribution is -2.53. The number of rotatable bonds is 4. The molecule has 5 rings (SSSR count). The number of nitrogens with zero attached hydrogens (tertiary/aromatic N) is 4. The predicted molar refractivity (Wildman–Crippen MR) is 113 cm³/mol. The van der Waals surface area contributed by atoms with Crippen LogP contribution in [0.3, 0.4) is 0 Å². The van der Waals surface area contributed by atoms with Gasteiger partial charge in [-0.2, -0.15) is 0 Å². The zero-order valence-corrected chi connectivity index (χ0v) is 17.6. The van der Waals surface area contributed by atoms with Crippen molar-refractivity contribution in [2.45, 2.75) is 25.8 Å². The van der Waals surface area contributed by atoms with Crippen molar-refractivity contribution in [1.29, 1.82) is 0 Å². The lowest BCUT2D eigenvalue weighted by atomic mass is 9.89. The van der Waals surface area contributed by atoms with E-state index in [4.69, 9.17) is 9.15 Å². The molecule has 1 saturated heterocycles. The standard InChI is InChI=1S/C23H26N4O3/c1-16-14-19(30-17(16)2)22(28)25-11-8-23(15-25)20-7-5-10-26(20)21-18(6-4-9-24-21)27(23)12-13-29-3/h4-7,9-10,14H,8,11-13,15H2,1-3H3/t23-/m1/s1. The molecule has 156 valence electrons. The molecule has 7 nitrogen and oxygen atoms in total. The monoisotopic (exact) mass is 406 g/mol. The first-order valence-electron chi connectivity index (χ1n) is 10.3. The summed E-state index contributed by atoms with van der Waals surface area (Å²) >= 11 is 0. The van der Waals surface area contributed by atoms with Crippen molar-refractivity contribution >= 4 is 11.6 Å². The van der Waals surface area contributed by atoms with Gasteiger partial charge >= 0.3 is 0 Å². The summed E-state index contributed by atoms with van der Waals surface area (Å²) in [7, 11) is 1.72. The van der Waals surface area contributed by atoms with E-state index in [0.717, 1.165) is 41.5 Å². The molecule has 0 aromatic carbocycles. The molecule has 0 saturated carbocycles. The summed E-state index contributed by atoms with van der Waals surface area (Å²) in [6, 6.07) is 10.1. The molecule has 3 aromatic heterocycles. The molecule has 1 atom stereocenters. The van der Waals surface area contributed by atoms with E-state index >= 15 is 0 Å². The molecule has 30 heavy (non-hydrogen) atoms. The van der Waals surface area contributed by atoms with Crippen LogP contribution in [-0.2, 0) is 10.3 Å². The lowest BCUT2D eigenvalue weighted by molar-refractivity contribution is 0.0748. The van der Waals surface area contributed by atoms with E-state index in [1.54, 1.807) is 7.11 Å². The molecule has 0 aliphatic carbocycles. The number of methoxy groups -OCH3 is 1. The average Bonchev–Trinajstić information content (AvgIpc) is 3.48. The Morgan fingerprint density at radius 2 is 2.17 bits per heavy atom. The van der Waals surface area contributed by atoms with Crippen molar-refractivity contribution < 1.29 is 13.9 Å². The van der Waals surface area contributed by atoms with Gasteiger partial charge in [0, 0.05) is 32.6 Å². The fourth-order valence-electron chi connectivity index (χ4n) is 4.85. The molecule has 2 aliphatic rings. The number of pyridine rings is 1. The molecule has 3 aromatic rings. The minimum absolute atomic E-state index is 0.0511. The summed E-state index contributed by atoms with van der Waals surface area (Å²) in [5, 5.41) is 0. The number of likely N-dealkylation sites (tertiary alicyclic amines) is 1. The Labute approximate surface area is 175 Å². The molecule has 2 aliphatic heterocycles. The van der Waals surface area contributed by atoms with Gasteiger partial charge in [-0.1, -0.05) is 0 Å². The largest absolute Gasteiger partial charge is 0.456 e. The first-order valence-corrected chi connectivity index (χ1v) is 10.3. The Kier molecular flexibility index (Phi) is 4.43. The second-order valence-electron chi connectivity index (χ2n) is 8.11. The molecule has 5 heterocycles. The van der Waals surface area contributed by atoms with Gasteiger partial charge in [0.1, 0.15) is 11.3 Å². The highest BCUT2D eigenvalue weighted by Crippen LogP contribution is 2.47. The first kappa shape index (κ1) is 18.9. The minimum Gasteiger partial charge on any atom is -0.456 e. The fraction of sp³-hybridized carbons (Fsp3) is 0.391. The molecule has 0 radical (unpaired) electrons. The van der Waals surface area contributed by atoms with Crippen molar-refractivity contribution in [1.82, 2.24) is 14.5 Å². The van der Waals surface area contributed by atoms with Crippen LogP contribution in [0.25, 0.3) is 5.82 Å². The third kappa shape index (κ3) is 2.69. The van der Waals surface area contributed by atoms with E-state index in [9.17, 15) is 4.79 Å². The normalized spacial score (nSPS) is 20.0. The van der Waals surface area contributed by atoms with Crippen LogP contribution in [-0.4, -0.2) is 53.7 Å². The molecular formula is C23H26N4O3. The topological polar surface area (TPSA) is 63.7 Å². The van der Waals surface area contributed by atoms with Crippen LogP contribution in [0, 0.1) is 13.8 Å². The van der Waals surface area contributed by atoms with Gasteiger partial charge in [-0.05, 0) is 56.2 Å². The first-order chi connectivity index (χ1) is 14.5. The molecular weight excluding hydrogens is 380 g/mol. The maximum atomic E-state index is 13.2. The van der Waals surface area contributed by atoms with Crippen LogP contribution in [0.5, 0.6) is 0 Å². The SMILES string of the molecule is COCCN1c2cccnc2-n2cccc2[C@]12CCN(C(=O)c1cc(C)c(C)o1)C2. The lowest BCUT2D eigenvalue weighted by Gasteiger charge is -2.47. The van der Waals surface area contributed by atoms with E-state index in [-0.39, 0.29) is 11.4 Å². The second kappa shape index (κ2) is 7.02. The summed E-state index contributed by atoms with van der Waals surface area (Å²) in [5.41, 5.74) is 2.90. The van der Waals surface area contributed by atoms with Crippen molar-refractivity contribution in [3.63, 3.8) is 0 Å². The molecule has 1 spiro atoms. The van der Waals surface area contributed by atoms with Gasteiger partial charge in [0.05, 0.1) is 24.5 Å². The van der Waals surface area contributed by atoms with E-state index in [2.05, 4.69) is 38.8 Å². The van der Waals surface area contributed by atoms with E-state index in [1.165, 1.54) is 0 Å². The van der Waals surface area contributed by atoms with Crippen LogP contribution < -0.4 is 4.90 Å². The van der Waals surface area contributed by atoms with Gasteiger partial charge in [0.2, 0.25) is 0 Å². The third-order valence-electron chi connectivity index (χ3n) is 6.46. The number of furan rings is 1. The molecule has 7 heteroatoms. The summed E-state index contributed by atoms with van der Waals surface area (Å²) < 4.78 is 13.3. The Balaban J connectivity index is 1.56. The van der Waals surface area contributed by atoms with Gasteiger partial charge in [0.15, 0.2) is 11.6 Å². The Hall–Kier alpha value is -3.06. The second-order valence-corrected chi connectivity index (χ2v) is 8.11. The smallest absolute Gasteiger partial charge is 0.289 e. The summed E-state index contributed by atoms with van der Waals surface area (Å²) in [5.74, 6) is 2.07. The Bertz CT molecular complexity index is 1080. The highest BCUT2D eigenvalue weighted by atomic mass is 16.5. The van der Waals surface area contributed by atoms with E-state index < -0.39 is 0 Å². The Morgan fingerprint density at radius 1 is 1.30 bits per heavy atom. The van der Waals surface area contributed by atoms with Gasteiger partial charge in [-0.25, -0.2) is 4.98 Å². The number of carbonyl (C=O) groups excluding carboxylic acids is 1. The number of ether oxygens (including phenoxy) is 1. The van der Waals surface area contributed by atoms with Crippen LogP contribution in [0.1, 0.15) is 34.0 Å². The number of aromatic nitrogens is 2. The molecule has 1 amide bonds. The molecule has 1 fully saturated rings. The van der Waals surface area contributed by atoms with Gasteiger partial charge < -0.3 is 23.5 Å². The van der Waals surface area contributed by atoms with Crippen LogP contribution >= 0.6 is 0 Å². The van der Waals surface area contributed by atoms with Crippen molar-refractivity contribution in [3.05, 3.63) is 65.5 Å². The molecule has 0 unspecified atom stereocenters. The minimum atomic E-state index is -0.329. The highest BCUT2D eigenvalue weighted by Gasteiger charge is 2.51. The number of anilines is 1. The fourth-order valence-corrected chi connectivity index (χ4v) is 4.85. The number of carbonyl (C=O) groups is 1. The summed E-state index contributed by atoms with van der Waals surface area (Å²) in [6.07, 6.45) is 4.71. The highest BCUT2D eigenvalue weighted by molar-refractivity contribution is 5.92. The summed E-state index contributed by atoms with van der Waals surface area (Å²) in [6.45, 7) is 6.44. The van der Waals surface area contributed by atoms with Gasteiger partial charge in [-0.3, -0.25) is 4.79 Å². The van der Waals surface area contributed by atoms with Crippen LogP contribution in [0.2, 0.25) is 0 Å². The van der Waals surface area contributed by atoms with Gasteiger partial charge in [0.25, 0.3) is 5.91 Å². The molecule has 0 N–H and O–H groups in total. The predicted octanol–water partition coefficient (Wildman–Crippen LogP) is 3.29. The Morgan fingerprint density at radius 3 is 2.93 bits per heavy atom. The number of amides is 1. The number of hydrogen-bond acceptors (Lipinski definition) is 5.